The summed E-state index contributed by atoms with van der Waals surface area (Å²) < 4.78 is 5.25. The summed E-state index contributed by atoms with van der Waals surface area (Å²) in [5.74, 6) is 0.713. The number of methoxy groups -OCH3 is 1. The fourth-order valence-electron chi connectivity index (χ4n) is 4.56. The van der Waals surface area contributed by atoms with E-state index >= 15 is 0 Å². The average Bonchev–Trinajstić information content (AvgIpc) is 3.23. The van der Waals surface area contributed by atoms with Crippen LogP contribution in [-0.4, -0.2) is 25.0 Å². The Labute approximate surface area is 217 Å². The lowest BCUT2D eigenvalue weighted by atomic mass is 9.99. The molecule has 0 aliphatic carbocycles. The van der Waals surface area contributed by atoms with E-state index in [1.807, 2.05) is 66.7 Å². The van der Waals surface area contributed by atoms with Crippen molar-refractivity contribution in [2.75, 3.05) is 30.5 Å². The first-order valence-corrected chi connectivity index (χ1v) is 12.2. The topological polar surface area (TPSA) is 79.6 Å². The Kier molecular flexibility index (Phi) is 6.92. The smallest absolute Gasteiger partial charge is 0.258 e. The molecule has 0 fully saturated rings. The molecule has 186 valence electrons. The zero-order valence-electron chi connectivity index (χ0n) is 21.0. The van der Waals surface area contributed by atoms with E-state index in [0.717, 1.165) is 47.0 Å². The minimum atomic E-state index is -0.149. The van der Waals surface area contributed by atoms with E-state index in [4.69, 9.17) is 10.5 Å². The Morgan fingerprint density at radius 1 is 0.892 bits per heavy atom. The van der Waals surface area contributed by atoms with Gasteiger partial charge in [0, 0.05) is 35.7 Å². The Morgan fingerprint density at radius 2 is 1.54 bits per heavy atom. The molecular formula is C31H30N4O2. The van der Waals surface area contributed by atoms with Gasteiger partial charge in [-0.25, -0.2) is 0 Å². The van der Waals surface area contributed by atoms with Crippen LogP contribution in [0.15, 0.2) is 97.1 Å². The fourth-order valence-corrected chi connectivity index (χ4v) is 4.56. The van der Waals surface area contributed by atoms with Crippen molar-refractivity contribution in [3.05, 3.63) is 119 Å². The number of rotatable bonds is 8. The number of ether oxygens (including phenoxy) is 1. The Hall–Kier alpha value is -4.55. The molecule has 0 radical (unpaired) electrons. The molecule has 4 aromatic rings. The summed E-state index contributed by atoms with van der Waals surface area (Å²) in [7, 11) is 3.78. The van der Waals surface area contributed by atoms with Crippen LogP contribution < -0.4 is 21.1 Å². The van der Waals surface area contributed by atoms with Crippen molar-refractivity contribution in [2.24, 2.45) is 0 Å². The number of nitrogens with one attached hydrogen (secondary N) is 2. The highest BCUT2D eigenvalue weighted by Crippen LogP contribution is 2.38. The van der Waals surface area contributed by atoms with Crippen molar-refractivity contribution >= 4 is 34.2 Å². The number of hydrogen-bond acceptors (Lipinski definition) is 5. The van der Waals surface area contributed by atoms with E-state index in [1.165, 1.54) is 11.1 Å². The molecule has 0 bridgehead atoms. The van der Waals surface area contributed by atoms with Crippen LogP contribution in [0.5, 0.6) is 5.75 Å². The van der Waals surface area contributed by atoms with Crippen molar-refractivity contribution in [2.45, 2.75) is 13.1 Å². The highest BCUT2D eigenvalue weighted by Gasteiger charge is 2.28. The van der Waals surface area contributed by atoms with Gasteiger partial charge in [0.1, 0.15) is 5.75 Å². The van der Waals surface area contributed by atoms with Gasteiger partial charge in [0.15, 0.2) is 0 Å². The number of nitrogens with two attached hydrogens (primary N) is 1. The first-order valence-electron chi connectivity index (χ1n) is 12.2. The number of carbonyl (C=O) groups is 1. The van der Waals surface area contributed by atoms with E-state index in [1.54, 1.807) is 13.2 Å². The summed E-state index contributed by atoms with van der Waals surface area (Å²) in [6, 6.07) is 31.8. The minimum absolute atomic E-state index is 0.149. The van der Waals surface area contributed by atoms with E-state index < -0.39 is 0 Å². The van der Waals surface area contributed by atoms with Gasteiger partial charge in [-0.15, -0.1) is 0 Å². The SMILES string of the molecule is COc1ccc(CN(C)Cc2ccc(NC(=C3C(=O)Nc4ccc(N)cc43)c3ccccc3)cc2)cc1. The molecule has 0 atom stereocenters. The van der Waals surface area contributed by atoms with Gasteiger partial charge >= 0.3 is 0 Å². The van der Waals surface area contributed by atoms with Crippen LogP contribution in [0.25, 0.3) is 11.3 Å². The Morgan fingerprint density at radius 3 is 2.19 bits per heavy atom. The molecule has 1 aliphatic heterocycles. The molecule has 37 heavy (non-hydrogen) atoms. The molecule has 5 rings (SSSR count). The van der Waals surface area contributed by atoms with Crippen molar-refractivity contribution in [3.8, 4) is 5.75 Å². The Balaban J connectivity index is 1.37. The highest BCUT2D eigenvalue weighted by atomic mass is 16.5. The number of benzene rings is 4. The van der Waals surface area contributed by atoms with Gasteiger partial charge in [-0.1, -0.05) is 54.6 Å². The van der Waals surface area contributed by atoms with E-state index in [9.17, 15) is 4.79 Å². The van der Waals surface area contributed by atoms with E-state index in [0.29, 0.717) is 11.3 Å². The van der Waals surface area contributed by atoms with E-state index in [-0.39, 0.29) is 5.91 Å². The van der Waals surface area contributed by atoms with Gasteiger partial charge in [0.05, 0.1) is 18.4 Å². The van der Waals surface area contributed by atoms with Crippen LogP contribution in [0.1, 0.15) is 22.3 Å². The summed E-state index contributed by atoms with van der Waals surface area (Å²) >= 11 is 0. The van der Waals surface area contributed by atoms with Gasteiger partial charge in [-0.3, -0.25) is 9.69 Å². The molecule has 4 N–H and O–H groups in total. The normalized spacial score (nSPS) is 13.8. The van der Waals surface area contributed by atoms with Crippen LogP contribution in [0, 0.1) is 0 Å². The maximum Gasteiger partial charge on any atom is 0.258 e. The van der Waals surface area contributed by atoms with Gasteiger partial charge < -0.3 is 21.1 Å². The van der Waals surface area contributed by atoms with Crippen molar-refractivity contribution in [1.29, 1.82) is 0 Å². The molecule has 4 aromatic carbocycles. The summed E-state index contributed by atoms with van der Waals surface area (Å²) in [5, 5.41) is 6.47. The number of amides is 1. The molecule has 1 aliphatic rings. The number of fused-ring (bicyclic) bond motifs is 1. The second-order valence-corrected chi connectivity index (χ2v) is 9.22. The van der Waals surface area contributed by atoms with Crippen LogP contribution in [0.2, 0.25) is 0 Å². The van der Waals surface area contributed by atoms with E-state index in [2.05, 4.69) is 46.8 Å². The molecule has 1 heterocycles. The second-order valence-electron chi connectivity index (χ2n) is 9.22. The molecule has 0 unspecified atom stereocenters. The quantitative estimate of drug-likeness (QED) is 0.214. The van der Waals surface area contributed by atoms with Crippen molar-refractivity contribution in [1.82, 2.24) is 4.90 Å². The molecule has 6 nitrogen and oxygen atoms in total. The predicted octanol–water partition coefficient (Wildman–Crippen LogP) is 5.84. The van der Waals surface area contributed by atoms with Gasteiger partial charge in [0.25, 0.3) is 5.91 Å². The maximum absolute atomic E-state index is 13.0. The third-order valence-electron chi connectivity index (χ3n) is 6.39. The monoisotopic (exact) mass is 490 g/mol. The number of hydrogen-bond donors (Lipinski definition) is 3. The van der Waals surface area contributed by atoms with Crippen LogP contribution in [0.4, 0.5) is 17.1 Å². The van der Waals surface area contributed by atoms with Gasteiger partial charge in [-0.2, -0.15) is 0 Å². The summed E-state index contributed by atoms with van der Waals surface area (Å²) in [6.45, 7) is 1.65. The molecule has 0 spiro atoms. The van der Waals surface area contributed by atoms with Gasteiger partial charge in [0.2, 0.25) is 0 Å². The molecule has 0 saturated heterocycles. The van der Waals surface area contributed by atoms with Crippen LogP contribution in [-0.2, 0) is 17.9 Å². The Bertz CT molecular complexity index is 1430. The van der Waals surface area contributed by atoms with Crippen molar-refractivity contribution < 1.29 is 9.53 Å². The average molecular weight is 491 g/mol. The summed E-state index contributed by atoms with van der Waals surface area (Å²) in [5.41, 5.74) is 13.8. The number of nitrogen functional groups attached to an aromatic ring is 1. The first-order chi connectivity index (χ1) is 18.0. The third kappa shape index (κ3) is 5.50. The van der Waals surface area contributed by atoms with Crippen LogP contribution >= 0.6 is 0 Å². The number of carbonyl (C=O) groups excluding carboxylic acids is 1. The first kappa shape index (κ1) is 24.2. The maximum atomic E-state index is 13.0. The summed E-state index contributed by atoms with van der Waals surface area (Å²) in [4.78, 5) is 15.3. The van der Waals surface area contributed by atoms with Crippen LogP contribution in [0.3, 0.4) is 0 Å². The molecular weight excluding hydrogens is 460 g/mol. The lowest BCUT2D eigenvalue weighted by Gasteiger charge is -2.18. The summed E-state index contributed by atoms with van der Waals surface area (Å²) in [6.07, 6.45) is 0. The van der Waals surface area contributed by atoms with Gasteiger partial charge in [-0.05, 0) is 66.2 Å². The lowest BCUT2D eigenvalue weighted by Crippen LogP contribution is -2.17. The number of nitrogens with zero attached hydrogens (tertiary/aromatic N) is 1. The highest BCUT2D eigenvalue weighted by molar-refractivity contribution is 6.37. The molecule has 1 amide bonds. The second kappa shape index (κ2) is 10.6. The number of anilines is 3. The minimum Gasteiger partial charge on any atom is -0.497 e. The zero-order chi connectivity index (χ0) is 25.8. The molecule has 0 aromatic heterocycles. The zero-order valence-corrected chi connectivity index (χ0v) is 21.0. The molecule has 6 heteroatoms. The predicted molar refractivity (Wildman–Crippen MR) is 151 cm³/mol. The third-order valence-corrected chi connectivity index (χ3v) is 6.39. The largest absolute Gasteiger partial charge is 0.497 e. The fraction of sp³-hybridized carbons (Fsp3) is 0.129. The lowest BCUT2D eigenvalue weighted by molar-refractivity contribution is -0.110. The standard InChI is InChI=1S/C31H30N4O2/c1-35(20-22-10-15-26(37-2)16-11-22)19-21-8-13-25(14-9-21)33-30(23-6-4-3-5-7-23)29-27-18-24(32)12-17-28(27)34-31(29)36/h3-18,33H,19-20,32H2,1-2H3,(H,34,36). The van der Waals surface area contributed by atoms with Crippen molar-refractivity contribution in [3.63, 3.8) is 0 Å². The molecule has 0 saturated carbocycles.